The smallest absolute Gasteiger partial charge is 0.358 e. The lowest BCUT2D eigenvalue weighted by atomic mass is 10.1. The molecule has 23 heavy (non-hydrogen) atoms. The standard InChI is InChI=1S/C14H16F2N4O3/c15-14(16)3-1-8-10(11(8)14)12(21)19-4-2-7(5-19)20-6-9(13(22)23)17-18-20/h6-8,10-11H,1-5H2,(H,22,23)/t7?,8-,10+,11-/m0/s1. The molecule has 2 saturated carbocycles. The number of carbonyl (C=O) groups is 2. The molecule has 4 rings (SSSR count). The van der Waals surface area contributed by atoms with Crippen molar-refractivity contribution < 1.29 is 23.5 Å². The van der Waals surface area contributed by atoms with Gasteiger partial charge < -0.3 is 10.0 Å². The summed E-state index contributed by atoms with van der Waals surface area (Å²) < 4.78 is 28.7. The summed E-state index contributed by atoms with van der Waals surface area (Å²) in [4.78, 5) is 24.9. The van der Waals surface area contributed by atoms with E-state index in [9.17, 15) is 18.4 Å². The predicted octanol–water partition coefficient (Wildman–Crippen LogP) is 1.04. The highest BCUT2D eigenvalue weighted by atomic mass is 19.3. The molecular formula is C14H16F2N4O3. The van der Waals surface area contributed by atoms with E-state index in [1.54, 1.807) is 4.90 Å². The first-order valence-electron chi connectivity index (χ1n) is 7.70. The number of amides is 1. The number of alkyl halides is 2. The molecule has 2 heterocycles. The molecule has 0 aromatic carbocycles. The Bertz CT molecular complexity index is 677. The summed E-state index contributed by atoms with van der Waals surface area (Å²) in [6.45, 7) is 0.843. The third-order valence-corrected chi connectivity index (χ3v) is 5.33. The maximum Gasteiger partial charge on any atom is 0.358 e. The molecule has 1 unspecified atom stereocenters. The second-order valence-electron chi connectivity index (χ2n) is 6.63. The van der Waals surface area contributed by atoms with Gasteiger partial charge in [0.05, 0.1) is 18.2 Å². The summed E-state index contributed by atoms with van der Waals surface area (Å²) in [6, 6.07) is -0.154. The van der Waals surface area contributed by atoms with E-state index in [4.69, 9.17) is 5.11 Å². The fourth-order valence-electron chi connectivity index (χ4n) is 4.09. The van der Waals surface area contributed by atoms with Crippen LogP contribution < -0.4 is 0 Å². The van der Waals surface area contributed by atoms with Crippen molar-refractivity contribution in [2.75, 3.05) is 13.1 Å². The van der Waals surface area contributed by atoms with Crippen LogP contribution in [0.1, 0.15) is 35.8 Å². The van der Waals surface area contributed by atoms with Gasteiger partial charge in [0.15, 0.2) is 5.69 Å². The minimum Gasteiger partial charge on any atom is -0.476 e. The molecule has 0 radical (unpaired) electrons. The number of aromatic carboxylic acids is 1. The zero-order valence-electron chi connectivity index (χ0n) is 12.2. The Balaban J connectivity index is 1.41. The van der Waals surface area contributed by atoms with Gasteiger partial charge in [0.25, 0.3) is 5.92 Å². The molecule has 1 aliphatic heterocycles. The summed E-state index contributed by atoms with van der Waals surface area (Å²) >= 11 is 0. The number of carboxylic acids is 1. The van der Waals surface area contributed by atoms with E-state index in [0.717, 1.165) is 0 Å². The predicted molar refractivity (Wildman–Crippen MR) is 71.9 cm³/mol. The number of fused-ring (bicyclic) bond motifs is 1. The van der Waals surface area contributed by atoms with Crippen LogP contribution in [0, 0.1) is 17.8 Å². The Morgan fingerprint density at radius 1 is 1.35 bits per heavy atom. The van der Waals surface area contributed by atoms with Crippen molar-refractivity contribution in [2.45, 2.75) is 31.2 Å². The van der Waals surface area contributed by atoms with Crippen LogP contribution in [-0.4, -0.2) is 55.9 Å². The minimum absolute atomic E-state index is 0.105. The van der Waals surface area contributed by atoms with Gasteiger partial charge in [-0.25, -0.2) is 18.3 Å². The largest absolute Gasteiger partial charge is 0.476 e. The fraction of sp³-hybridized carbons (Fsp3) is 0.714. The number of rotatable bonds is 3. The van der Waals surface area contributed by atoms with Gasteiger partial charge in [-0.15, -0.1) is 5.10 Å². The Morgan fingerprint density at radius 3 is 2.74 bits per heavy atom. The van der Waals surface area contributed by atoms with Crippen molar-refractivity contribution >= 4 is 11.9 Å². The molecule has 124 valence electrons. The van der Waals surface area contributed by atoms with Crippen LogP contribution in [0.2, 0.25) is 0 Å². The number of aromatic nitrogens is 3. The highest BCUT2D eigenvalue weighted by Crippen LogP contribution is 2.65. The number of halogens is 2. The molecule has 2 aliphatic carbocycles. The van der Waals surface area contributed by atoms with Gasteiger partial charge >= 0.3 is 5.97 Å². The van der Waals surface area contributed by atoms with Crippen molar-refractivity contribution in [3.8, 4) is 0 Å². The van der Waals surface area contributed by atoms with Gasteiger partial charge in [-0.2, -0.15) is 0 Å². The Labute approximate surface area is 130 Å². The van der Waals surface area contributed by atoms with E-state index in [0.29, 0.717) is 25.9 Å². The van der Waals surface area contributed by atoms with Crippen LogP contribution in [0.4, 0.5) is 8.78 Å². The topological polar surface area (TPSA) is 88.3 Å². The first kappa shape index (κ1) is 14.5. The summed E-state index contributed by atoms with van der Waals surface area (Å²) in [5.41, 5.74) is -0.147. The molecule has 1 aromatic heterocycles. The molecule has 3 fully saturated rings. The zero-order valence-corrected chi connectivity index (χ0v) is 12.2. The highest BCUT2D eigenvalue weighted by molar-refractivity contribution is 5.84. The lowest BCUT2D eigenvalue weighted by Gasteiger charge is -2.19. The minimum atomic E-state index is -2.70. The second kappa shape index (κ2) is 4.72. The molecule has 1 aromatic rings. The molecule has 1 saturated heterocycles. The summed E-state index contributed by atoms with van der Waals surface area (Å²) in [5, 5.41) is 16.2. The third kappa shape index (κ3) is 2.21. The number of carboxylic acid groups (broad SMARTS) is 1. The third-order valence-electron chi connectivity index (χ3n) is 5.33. The average molecular weight is 326 g/mol. The van der Waals surface area contributed by atoms with Gasteiger partial charge in [-0.05, 0) is 18.8 Å². The summed E-state index contributed by atoms with van der Waals surface area (Å²) in [7, 11) is 0. The van der Waals surface area contributed by atoms with Crippen molar-refractivity contribution in [1.29, 1.82) is 0 Å². The average Bonchev–Trinajstić information content (AvgIpc) is 2.89. The lowest BCUT2D eigenvalue weighted by Crippen LogP contribution is -2.33. The molecule has 1 amide bonds. The number of nitrogens with zero attached hydrogens (tertiary/aromatic N) is 4. The molecule has 7 nitrogen and oxygen atoms in total. The molecule has 9 heteroatoms. The molecule has 3 aliphatic rings. The van der Waals surface area contributed by atoms with E-state index >= 15 is 0 Å². The summed E-state index contributed by atoms with van der Waals surface area (Å²) in [6.07, 6.45) is 2.27. The monoisotopic (exact) mass is 326 g/mol. The molecular weight excluding hydrogens is 310 g/mol. The van der Waals surface area contributed by atoms with E-state index in [2.05, 4.69) is 10.3 Å². The van der Waals surface area contributed by atoms with Crippen LogP contribution in [0.5, 0.6) is 0 Å². The van der Waals surface area contributed by atoms with Gasteiger partial charge in [-0.3, -0.25) is 4.79 Å². The van der Waals surface area contributed by atoms with Crippen LogP contribution in [0.3, 0.4) is 0 Å². The Hall–Kier alpha value is -2.06. The first-order chi connectivity index (χ1) is 10.9. The number of hydrogen-bond acceptors (Lipinski definition) is 4. The Morgan fingerprint density at radius 2 is 2.13 bits per heavy atom. The number of likely N-dealkylation sites (tertiary alicyclic amines) is 1. The SMILES string of the molecule is O=C(O)c1cn(C2CCN(C(=O)[C@@H]3[C@@H]4CCC(F)(F)[C@@H]43)C2)nn1. The molecule has 4 atom stereocenters. The van der Waals surface area contributed by atoms with Gasteiger partial charge in [-0.1, -0.05) is 5.21 Å². The van der Waals surface area contributed by atoms with Crippen molar-refractivity contribution in [1.82, 2.24) is 19.9 Å². The lowest BCUT2D eigenvalue weighted by molar-refractivity contribution is -0.134. The number of carbonyl (C=O) groups excluding carboxylic acids is 1. The fourth-order valence-corrected chi connectivity index (χ4v) is 4.09. The number of hydrogen-bond donors (Lipinski definition) is 1. The van der Waals surface area contributed by atoms with Crippen molar-refractivity contribution in [2.24, 2.45) is 17.8 Å². The van der Waals surface area contributed by atoms with Crippen molar-refractivity contribution in [3.05, 3.63) is 11.9 Å². The quantitative estimate of drug-likeness (QED) is 0.896. The normalized spacial score (nSPS) is 34.4. The van der Waals surface area contributed by atoms with Gasteiger partial charge in [0, 0.05) is 25.4 Å². The van der Waals surface area contributed by atoms with Crippen LogP contribution in [0.15, 0.2) is 6.20 Å². The van der Waals surface area contributed by atoms with E-state index < -0.39 is 23.7 Å². The van der Waals surface area contributed by atoms with Crippen LogP contribution in [-0.2, 0) is 4.79 Å². The Kier molecular flexibility index (Phi) is 2.98. The zero-order chi connectivity index (χ0) is 16.4. The van der Waals surface area contributed by atoms with E-state index in [-0.39, 0.29) is 30.0 Å². The molecule has 1 N–H and O–H groups in total. The van der Waals surface area contributed by atoms with E-state index in [1.807, 2.05) is 0 Å². The van der Waals surface area contributed by atoms with E-state index in [1.165, 1.54) is 10.9 Å². The van der Waals surface area contributed by atoms with Gasteiger partial charge in [0.2, 0.25) is 5.91 Å². The van der Waals surface area contributed by atoms with Crippen LogP contribution >= 0.6 is 0 Å². The maximum atomic E-state index is 13.6. The molecule has 0 bridgehead atoms. The maximum absolute atomic E-state index is 13.6. The van der Waals surface area contributed by atoms with Gasteiger partial charge in [0.1, 0.15) is 0 Å². The summed E-state index contributed by atoms with van der Waals surface area (Å²) in [5.74, 6) is -5.54. The first-order valence-corrected chi connectivity index (χ1v) is 7.70. The second-order valence-corrected chi connectivity index (χ2v) is 6.63. The highest BCUT2D eigenvalue weighted by Gasteiger charge is 2.70. The van der Waals surface area contributed by atoms with Crippen LogP contribution in [0.25, 0.3) is 0 Å². The van der Waals surface area contributed by atoms with Crippen molar-refractivity contribution in [3.63, 3.8) is 0 Å². The molecule has 0 spiro atoms.